The number of carbonyl (C=O) groups excluding carboxylic acids is 1. The average molecular weight is 367 g/mol. The molecule has 1 aliphatic rings. The van der Waals surface area contributed by atoms with Gasteiger partial charge in [0.2, 0.25) is 0 Å². The summed E-state index contributed by atoms with van der Waals surface area (Å²) < 4.78 is 5.42. The topological polar surface area (TPSA) is 66.8 Å². The van der Waals surface area contributed by atoms with Crippen LogP contribution < -0.4 is 0 Å². The van der Waals surface area contributed by atoms with E-state index >= 15 is 0 Å². The third-order valence-corrected chi connectivity index (χ3v) is 5.09. The number of Topliss-reactive ketones (excluding diaryl/α,β-unsaturated/α-hetero) is 1. The molecule has 1 saturated heterocycles. The molecular formula is C22H25NO4. The lowest BCUT2D eigenvalue weighted by atomic mass is 9.98. The van der Waals surface area contributed by atoms with Crippen molar-refractivity contribution in [2.24, 2.45) is 0 Å². The summed E-state index contributed by atoms with van der Waals surface area (Å²) >= 11 is 0. The molecule has 2 aromatic rings. The molecule has 0 spiro atoms. The number of carboxylic acids is 1. The molecule has 142 valence electrons. The Balaban J connectivity index is 1.66. The normalized spacial score (nSPS) is 16.0. The van der Waals surface area contributed by atoms with Gasteiger partial charge in [-0.15, -0.1) is 0 Å². The molecule has 1 fully saturated rings. The molecule has 0 saturated carbocycles. The molecule has 0 bridgehead atoms. The Hall–Kier alpha value is -2.50. The molecule has 1 atom stereocenters. The van der Waals surface area contributed by atoms with Crippen molar-refractivity contribution in [2.75, 3.05) is 26.3 Å². The van der Waals surface area contributed by atoms with Crippen molar-refractivity contribution in [3.63, 3.8) is 0 Å². The van der Waals surface area contributed by atoms with E-state index < -0.39 is 5.97 Å². The Morgan fingerprint density at radius 2 is 1.52 bits per heavy atom. The van der Waals surface area contributed by atoms with E-state index in [1.807, 2.05) is 12.1 Å². The van der Waals surface area contributed by atoms with Crippen molar-refractivity contribution >= 4 is 11.8 Å². The van der Waals surface area contributed by atoms with Gasteiger partial charge in [-0.1, -0.05) is 48.5 Å². The maximum Gasteiger partial charge on any atom is 0.303 e. The maximum absolute atomic E-state index is 12.0. The van der Waals surface area contributed by atoms with Gasteiger partial charge in [0, 0.05) is 31.1 Å². The van der Waals surface area contributed by atoms with Crippen molar-refractivity contribution in [2.45, 2.75) is 25.8 Å². The lowest BCUT2D eigenvalue weighted by molar-refractivity contribution is -0.136. The number of aliphatic carboxylic acids is 1. The van der Waals surface area contributed by atoms with Crippen LogP contribution in [0.4, 0.5) is 0 Å². The second-order valence-electron chi connectivity index (χ2n) is 6.84. The molecule has 5 nitrogen and oxygen atoms in total. The van der Waals surface area contributed by atoms with Crippen molar-refractivity contribution < 1.29 is 19.4 Å². The number of benzene rings is 2. The molecule has 27 heavy (non-hydrogen) atoms. The molecule has 2 aromatic carbocycles. The number of morpholine rings is 1. The van der Waals surface area contributed by atoms with Gasteiger partial charge in [0.15, 0.2) is 5.78 Å². The third kappa shape index (κ3) is 5.02. The molecule has 1 heterocycles. The Bertz CT molecular complexity index is 777. The van der Waals surface area contributed by atoms with Gasteiger partial charge in [-0.2, -0.15) is 0 Å². The summed E-state index contributed by atoms with van der Waals surface area (Å²) in [4.78, 5) is 25.0. The van der Waals surface area contributed by atoms with Crippen molar-refractivity contribution in [1.82, 2.24) is 4.90 Å². The summed E-state index contributed by atoms with van der Waals surface area (Å²) in [5, 5.41) is 8.69. The van der Waals surface area contributed by atoms with Crippen molar-refractivity contribution in [3.8, 4) is 11.1 Å². The van der Waals surface area contributed by atoms with Crippen LogP contribution in [0.5, 0.6) is 0 Å². The highest BCUT2D eigenvalue weighted by molar-refractivity contribution is 5.97. The van der Waals surface area contributed by atoms with Gasteiger partial charge in [-0.3, -0.25) is 14.5 Å². The summed E-state index contributed by atoms with van der Waals surface area (Å²) in [5.41, 5.74) is 3.96. The van der Waals surface area contributed by atoms with E-state index in [1.165, 1.54) is 5.56 Å². The highest BCUT2D eigenvalue weighted by Crippen LogP contribution is 2.26. The van der Waals surface area contributed by atoms with E-state index in [0.29, 0.717) is 11.6 Å². The molecule has 3 rings (SSSR count). The number of carboxylic acid groups (broad SMARTS) is 1. The SMILES string of the molecule is C[C@@H](c1ccc(-c2ccc(C(=O)CCC(=O)O)cc2)cc1)N1CCOCC1. The van der Waals surface area contributed by atoms with Gasteiger partial charge in [0.25, 0.3) is 0 Å². The maximum atomic E-state index is 12.0. The predicted molar refractivity (Wildman–Crippen MR) is 104 cm³/mol. The first-order valence-electron chi connectivity index (χ1n) is 9.32. The van der Waals surface area contributed by atoms with Crippen LogP contribution in [0.2, 0.25) is 0 Å². The third-order valence-electron chi connectivity index (χ3n) is 5.09. The summed E-state index contributed by atoms with van der Waals surface area (Å²) in [6, 6.07) is 16.2. The molecule has 0 radical (unpaired) electrons. The highest BCUT2D eigenvalue weighted by atomic mass is 16.5. The van der Waals surface area contributed by atoms with Crippen molar-refractivity contribution in [1.29, 1.82) is 0 Å². The molecule has 1 N–H and O–H groups in total. The van der Waals surface area contributed by atoms with Crippen LogP contribution in [-0.4, -0.2) is 48.1 Å². The van der Waals surface area contributed by atoms with Crippen LogP contribution in [0, 0.1) is 0 Å². The van der Waals surface area contributed by atoms with E-state index in [4.69, 9.17) is 9.84 Å². The summed E-state index contributed by atoms with van der Waals surface area (Å²) in [6.07, 6.45) is -0.105. The Kier molecular flexibility index (Phi) is 6.37. The summed E-state index contributed by atoms with van der Waals surface area (Å²) in [6.45, 7) is 5.72. The fourth-order valence-corrected chi connectivity index (χ4v) is 3.34. The van der Waals surface area contributed by atoms with Crippen molar-refractivity contribution in [3.05, 3.63) is 59.7 Å². The highest BCUT2D eigenvalue weighted by Gasteiger charge is 2.18. The van der Waals surface area contributed by atoms with Crippen LogP contribution in [0.15, 0.2) is 48.5 Å². The minimum atomic E-state index is -0.952. The molecule has 5 heteroatoms. The molecule has 1 aliphatic heterocycles. The predicted octanol–water partition coefficient (Wildman–Crippen LogP) is 3.79. The van der Waals surface area contributed by atoms with Gasteiger partial charge in [-0.25, -0.2) is 0 Å². The monoisotopic (exact) mass is 367 g/mol. The van der Waals surface area contributed by atoms with E-state index in [1.54, 1.807) is 12.1 Å². The molecule has 0 aromatic heterocycles. The zero-order valence-electron chi connectivity index (χ0n) is 15.6. The van der Waals surface area contributed by atoms with Gasteiger partial charge in [0.05, 0.1) is 19.6 Å². The zero-order chi connectivity index (χ0) is 19.2. The second-order valence-corrected chi connectivity index (χ2v) is 6.84. The van der Waals surface area contributed by atoms with Gasteiger partial charge in [0.1, 0.15) is 0 Å². The average Bonchev–Trinajstić information content (AvgIpc) is 2.72. The quantitative estimate of drug-likeness (QED) is 0.754. The lowest BCUT2D eigenvalue weighted by Gasteiger charge is -2.32. The van der Waals surface area contributed by atoms with Crippen LogP contribution in [-0.2, 0) is 9.53 Å². The first kappa shape index (κ1) is 19.3. The fraction of sp³-hybridized carbons (Fsp3) is 0.364. The number of ketones is 1. The Labute approximate surface area is 159 Å². The van der Waals surface area contributed by atoms with Crippen LogP contribution in [0.3, 0.4) is 0 Å². The minimum Gasteiger partial charge on any atom is -0.481 e. The standard InChI is InChI=1S/C22H25NO4/c1-16(23-12-14-27-15-13-23)17-2-4-18(5-3-17)19-6-8-20(9-7-19)21(24)10-11-22(25)26/h2-9,16H,10-15H2,1H3,(H,25,26)/t16-/m0/s1. The van der Waals surface area contributed by atoms with E-state index in [2.05, 4.69) is 36.1 Å². The smallest absolute Gasteiger partial charge is 0.303 e. The molecule has 0 aliphatic carbocycles. The number of nitrogens with zero attached hydrogens (tertiary/aromatic N) is 1. The Morgan fingerprint density at radius 1 is 0.963 bits per heavy atom. The minimum absolute atomic E-state index is 0.0306. The van der Waals surface area contributed by atoms with Crippen LogP contribution in [0.25, 0.3) is 11.1 Å². The molecule has 0 unspecified atom stereocenters. The Morgan fingerprint density at radius 3 is 2.07 bits per heavy atom. The summed E-state index contributed by atoms with van der Waals surface area (Å²) in [5.74, 6) is -1.09. The van der Waals surface area contributed by atoms with E-state index in [0.717, 1.165) is 37.4 Å². The summed E-state index contributed by atoms with van der Waals surface area (Å²) in [7, 11) is 0. The molecular weight excluding hydrogens is 342 g/mol. The lowest BCUT2D eigenvalue weighted by Crippen LogP contribution is -2.37. The van der Waals surface area contributed by atoms with Gasteiger partial charge < -0.3 is 9.84 Å². The number of hydrogen-bond acceptors (Lipinski definition) is 4. The second kappa shape index (κ2) is 8.93. The zero-order valence-corrected chi connectivity index (χ0v) is 15.6. The van der Waals surface area contributed by atoms with Gasteiger partial charge >= 0.3 is 5.97 Å². The van der Waals surface area contributed by atoms with Crippen LogP contribution in [0.1, 0.15) is 41.7 Å². The largest absolute Gasteiger partial charge is 0.481 e. The number of carbonyl (C=O) groups is 2. The van der Waals surface area contributed by atoms with Crippen LogP contribution >= 0.6 is 0 Å². The molecule has 0 amide bonds. The van der Waals surface area contributed by atoms with E-state index in [-0.39, 0.29) is 18.6 Å². The first-order chi connectivity index (χ1) is 13.0. The van der Waals surface area contributed by atoms with E-state index in [9.17, 15) is 9.59 Å². The number of hydrogen-bond donors (Lipinski definition) is 1. The fourth-order valence-electron chi connectivity index (χ4n) is 3.34. The van der Waals surface area contributed by atoms with Gasteiger partial charge in [-0.05, 0) is 23.6 Å². The number of rotatable bonds is 7. The first-order valence-corrected chi connectivity index (χ1v) is 9.32. The number of ether oxygens (including phenoxy) is 1.